The number of hydrogen-bond acceptors (Lipinski definition) is 4. The molecule has 1 aliphatic heterocycles. The Morgan fingerprint density at radius 1 is 1.33 bits per heavy atom. The van der Waals surface area contributed by atoms with E-state index in [1.54, 1.807) is 33.8 Å². The number of ether oxygens (including phenoxy) is 1. The van der Waals surface area contributed by atoms with Crippen molar-refractivity contribution >= 4 is 29.2 Å². The number of likely N-dealkylation sites (tertiary alicyclic amines) is 1. The van der Waals surface area contributed by atoms with E-state index in [-0.39, 0.29) is 18.0 Å². The monoisotopic (exact) mass is 350 g/mol. The minimum Gasteiger partial charge on any atom is -0.453 e. The molecule has 0 saturated carbocycles. The zero-order chi connectivity index (χ0) is 17.1. The molecule has 0 aromatic carbocycles. The van der Waals surface area contributed by atoms with Crippen LogP contribution in [0, 0.1) is 0 Å². The Bertz CT molecular complexity index is 761. The van der Waals surface area contributed by atoms with Gasteiger partial charge >= 0.3 is 6.09 Å². The van der Waals surface area contributed by atoms with Crippen LogP contribution in [0.1, 0.15) is 29.8 Å². The molecule has 0 radical (unpaired) electrons. The zero-order valence-electron chi connectivity index (χ0n) is 13.4. The predicted octanol–water partition coefficient (Wildman–Crippen LogP) is 2.34. The fraction of sp³-hybridized carbons (Fsp3) is 0.438. The highest BCUT2D eigenvalue weighted by atomic mass is 35.5. The number of pyridine rings is 1. The molecule has 2 aromatic rings. The number of carbonyl (C=O) groups excluding carboxylic acids is 2. The zero-order valence-corrected chi connectivity index (χ0v) is 14.1. The number of fused-ring (bicyclic) bond motifs is 1. The Kier molecular flexibility index (Phi) is 4.89. The van der Waals surface area contributed by atoms with Crippen molar-refractivity contribution < 1.29 is 14.3 Å². The minimum atomic E-state index is -0.362. The summed E-state index contributed by atoms with van der Waals surface area (Å²) in [4.78, 5) is 30.1. The van der Waals surface area contributed by atoms with Gasteiger partial charge in [-0.2, -0.15) is 0 Å². The van der Waals surface area contributed by atoms with Gasteiger partial charge in [0.15, 0.2) is 0 Å². The second-order valence-electron chi connectivity index (χ2n) is 5.82. The molecule has 3 heterocycles. The maximum absolute atomic E-state index is 12.5. The molecule has 1 fully saturated rings. The Balaban J connectivity index is 1.71. The molecule has 0 spiro atoms. The van der Waals surface area contributed by atoms with Crippen LogP contribution in [0.4, 0.5) is 4.79 Å². The number of nitrogens with one attached hydrogen (secondary N) is 1. The summed E-state index contributed by atoms with van der Waals surface area (Å²) >= 11 is 5.94. The molecule has 0 unspecified atom stereocenters. The second-order valence-corrected chi connectivity index (χ2v) is 6.26. The van der Waals surface area contributed by atoms with E-state index < -0.39 is 0 Å². The van der Waals surface area contributed by atoms with Crippen LogP contribution in [-0.2, 0) is 4.74 Å². The summed E-state index contributed by atoms with van der Waals surface area (Å²) < 4.78 is 6.49. The third-order valence-electron chi connectivity index (χ3n) is 4.09. The second kappa shape index (κ2) is 7.09. The molecular weight excluding hydrogens is 332 g/mol. The highest BCUT2D eigenvalue weighted by Crippen LogP contribution is 2.14. The first-order valence-electron chi connectivity index (χ1n) is 7.85. The molecular formula is C16H19ClN4O3. The number of imidazole rings is 1. The third-order valence-corrected chi connectivity index (χ3v) is 4.31. The van der Waals surface area contributed by atoms with Crippen molar-refractivity contribution in [1.29, 1.82) is 0 Å². The molecule has 2 amide bonds. The van der Waals surface area contributed by atoms with Crippen LogP contribution >= 0.6 is 11.6 Å². The molecule has 1 aliphatic rings. The summed E-state index contributed by atoms with van der Waals surface area (Å²) in [6.45, 7) is 1.09. The SMILES string of the molecule is COC(=O)N1CCCC[C@@H](NC(=O)c2cn3cc(Cl)ccc3n2)C1. The van der Waals surface area contributed by atoms with Crippen molar-refractivity contribution in [2.75, 3.05) is 20.2 Å². The summed E-state index contributed by atoms with van der Waals surface area (Å²) in [6.07, 6.45) is 5.64. The van der Waals surface area contributed by atoms with Gasteiger partial charge in [-0.05, 0) is 31.4 Å². The van der Waals surface area contributed by atoms with Crippen LogP contribution in [0.25, 0.3) is 5.65 Å². The summed E-state index contributed by atoms with van der Waals surface area (Å²) in [5.74, 6) is -0.258. The molecule has 7 nitrogen and oxygen atoms in total. The Hall–Kier alpha value is -2.28. The normalized spacial score (nSPS) is 18.2. The molecule has 0 bridgehead atoms. The van der Waals surface area contributed by atoms with E-state index in [0.29, 0.717) is 29.5 Å². The molecule has 128 valence electrons. The highest BCUT2D eigenvalue weighted by molar-refractivity contribution is 6.30. The van der Waals surface area contributed by atoms with Gasteiger partial charge in [-0.25, -0.2) is 9.78 Å². The van der Waals surface area contributed by atoms with Crippen LogP contribution in [-0.4, -0.2) is 52.5 Å². The number of halogens is 1. The molecule has 1 N–H and O–H groups in total. The first kappa shape index (κ1) is 16.6. The van der Waals surface area contributed by atoms with E-state index >= 15 is 0 Å². The largest absolute Gasteiger partial charge is 0.453 e. The Labute approximate surface area is 144 Å². The standard InChI is InChI=1S/C16H19ClN4O3/c1-24-16(23)20-7-3-2-4-12(9-20)18-15(22)13-10-21-8-11(17)5-6-14(21)19-13/h5-6,8,10,12H,2-4,7,9H2,1H3,(H,18,22)/t12-/m1/s1. The van der Waals surface area contributed by atoms with Crippen LogP contribution in [0.2, 0.25) is 5.02 Å². The fourth-order valence-electron chi connectivity index (χ4n) is 2.89. The van der Waals surface area contributed by atoms with Gasteiger partial charge < -0.3 is 19.4 Å². The molecule has 24 heavy (non-hydrogen) atoms. The molecule has 0 aliphatic carbocycles. The number of nitrogens with zero attached hydrogens (tertiary/aromatic N) is 3. The van der Waals surface area contributed by atoms with Crippen molar-refractivity contribution in [2.24, 2.45) is 0 Å². The molecule has 1 saturated heterocycles. The smallest absolute Gasteiger partial charge is 0.409 e. The fourth-order valence-corrected chi connectivity index (χ4v) is 3.06. The lowest BCUT2D eigenvalue weighted by Gasteiger charge is -2.23. The lowest BCUT2D eigenvalue weighted by Crippen LogP contribution is -2.44. The summed E-state index contributed by atoms with van der Waals surface area (Å²) in [7, 11) is 1.36. The van der Waals surface area contributed by atoms with E-state index in [2.05, 4.69) is 10.3 Å². The average molecular weight is 351 g/mol. The molecule has 8 heteroatoms. The predicted molar refractivity (Wildman–Crippen MR) is 89.3 cm³/mol. The van der Waals surface area contributed by atoms with E-state index in [4.69, 9.17) is 16.3 Å². The van der Waals surface area contributed by atoms with Crippen molar-refractivity contribution in [3.63, 3.8) is 0 Å². The van der Waals surface area contributed by atoms with Gasteiger partial charge in [0, 0.05) is 31.5 Å². The number of aromatic nitrogens is 2. The summed E-state index contributed by atoms with van der Waals surface area (Å²) in [5.41, 5.74) is 0.979. The lowest BCUT2D eigenvalue weighted by molar-refractivity contribution is 0.0909. The van der Waals surface area contributed by atoms with E-state index in [9.17, 15) is 9.59 Å². The quantitative estimate of drug-likeness (QED) is 0.902. The van der Waals surface area contributed by atoms with Gasteiger partial charge in [-0.1, -0.05) is 11.6 Å². The summed E-state index contributed by atoms with van der Waals surface area (Å²) in [5, 5.41) is 3.54. The first-order valence-corrected chi connectivity index (χ1v) is 8.22. The third kappa shape index (κ3) is 3.62. The van der Waals surface area contributed by atoms with Crippen LogP contribution in [0.3, 0.4) is 0 Å². The van der Waals surface area contributed by atoms with Gasteiger partial charge in [0.2, 0.25) is 0 Å². The van der Waals surface area contributed by atoms with Crippen molar-refractivity contribution in [3.8, 4) is 0 Å². The number of hydrogen-bond donors (Lipinski definition) is 1. The van der Waals surface area contributed by atoms with Crippen LogP contribution in [0.15, 0.2) is 24.5 Å². The number of rotatable bonds is 2. The van der Waals surface area contributed by atoms with Gasteiger partial charge in [-0.3, -0.25) is 4.79 Å². The Morgan fingerprint density at radius 3 is 2.96 bits per heavy atom. The van der Waals surface area contributed by atoms with Gasteiger partial charge in [-0.15, -0.1) is 0 Å². The van der Waals surface area contributed by atoms with Crippen molar-refractivity contribution in [1.82, 2.24) is 19.6 Å². The van der Waals surface area contributed by atoms with E-state index in [1.165, 1.54) is 7.11 Å². The first-order chi connectivity index (χ1) is 11.6. The summed E-state index contributed by atoms with van der Waals surface area (Å²) in [6, 6.07) is 3.36. The molecule has 3 rings (SSSR count). The number of amides is 2. The molecule has 1 atom stereocenters. The average Bonchev–Trinajstić information content (AvgIpc) is 2.85. The maximum atomic E-state index is 12.5. The van der Waals surface area contributed by atoms with Crippen LogP contribution < -0.4 is 5.32 Å². The number of methoxy groups -OCH3 is 1. The maximum Gasteiger partial charge on any atom is 0.409 e. The van der Waals surface area contributed by atoms with Crippen molar-refractivity contribution in [2.45, 2.75) is 25.3 Å². The minimum absolute atomic E-state index is 0.118. The highest BCUT2D eigenvalue weighted by Gasteiger charge is 2.24. The van der Waals surface area contributed by atoms with Crippen LogP contribution in [0.5, 0.6) is 0 Å². The van der Waals surface area contributed by atoms with E-state index in [0.717, 1.165) is 19.3 Å². The number of carbonyl (C=O) groups is 2. The lowest BCUT2D eigenvalue weighted by atomic mass is 10.1. The van der Waals surface area contributed by atoms with Crippen molar-refractivity contribution in [3.05, 3.63) is 35.2 Å². The van der Waals surface area contributed by atoms with Gasteiger partial charge in [0.1, 0.15) is 11.3 Å². The topological polar surface area (TPSA) is 75.9 Å². The van der Waals surface area contributed by atoms with Gasteiger partial charge in [0.25, 0.3) is 5.91 Å². The molecule has 2 aromatic heterocycles. The van der Waals surface area contributed by atoms with E-state index in [1.807, 2.05) is 0 Å². The Morgan fingerprint density at radius 2 is 2.17 bits per heavy atom. The van der Waals surface area contributed by atoms with Gasteiger partial charge in [0.05, 0.1) is 12.1 Å².